The quantitative estimate of drug-likeness (QED) is 0.159. The monoisotopic (exact) mass is 765 g/mol. The van der Waals surface area contributed by atoms with E-state index in [1.807, 2.05) is 58.2 Å². The summed E-state index contributed by atoms with van der Waals surface area (Å²) in [5.74, 6) is 0. The van der Waals surface area contributed by atoms with Crippen LogP contribution >= 0.6 is 15.9 Å². The lowest BCUT2D eigenvalue weighted by atomic mass is 10.1. The summed E-state index contributed by atoms with van der Waals surface area (Å²) in [5, 5.41) is 0. The summed E-state index contributed by atoms with van der Waals surface area (Å²) >= 11 is 3.33. The fourth-order valence-electron chi connectivity index (χ4n) is 5.47. The Morgan fingerprint density at radius 3 is 1.49 bits per heavy atom. The van der Waals surface area contributed by atoms with E-state index in [4.69, 9.17) is 24.7 Å². The molecule has 280 valence electrons. The highest BCUT2D eigenvalue weighted by molar-refractivity contribution is 9.10. The van der Waals surface area contributed by atoms with Gasteiger partial charge in [-0.2, -0.15) is 0 Å². The van der Waals surface area contributed by atoms with Crippen molar-refractivity contribution < 1.29 is 18.9 Å². The number of morpholine rings is 2. The molecule has 51 heavy (non-hydrogen) atoms. The second-order valence-electron chi connectivity index (χ2n) is 11.8. The molecule has 2 N–H and O–H groups in total. The van der Waals surface area contributed by atoms with Crippen LogP contribution in [0.25, 0.3) is 0 Å². The molecule has 2 atom stereocenters. The number of ether oxygens (including phenoxy) is 4. The van der Waals surface area contributed by atoms with Gasteiger partial charge in [-0.3, -0.25) is 9.97 Å². The molecule has 9 nitrogen and oxygen atoms in total. The predicted molar refractivity (Wildman–Crippen MR) is 216 cm³/mol. The Balaban J connectivity index is 0.000000284. The van der Waals surface area contributed by atoms with Gasteiger partial charge in [0.15, 0.2) is 0 Å². The Bertz CT molecular complexity index is 1460. The van der Waals surface area contributed by atoms with E-state index in [1.54, 1.807) is 6.20 Å². The van der Waals surface area contributed by atoms with Crippen LogP contribution in [0.5, 0.6) is 0 Å². The summed E-state index contributed by atoms with van der Waals surface area (Å²) < 4.78 is 22.7. The Kier molecular flexibility index (Phi) is 20.4. The largest absolute Gasteiger partial charge is 0.399 e. The fourth-order valence-corrected chi connectivity index (χ4v) is 5.70. The number of pyridine rings is 2. The smallest absolute Gasteiger partial charge is 0.0966 e. The van der Waals surface area contributed by atoms with Gasteiger partial charge in [0, 0.05) is 73.3 Å². The number of aromatic nitrogens is 2. The summed E-state index contributed by atoms with van der Waals surface area (Å²) in [6, 6.07) is 25.0. The Hall–Kier alpha value is -3.54. The summed E-state index contributed by atoms with van der Waals surface area (Å²) in [7, 11) is 0. The van der Waals surface area contributed by atoms with Gasteiger partial charge in [-0.05, 0) is 116 Å². The van der Waals surface area contributed by atoms with Crippen molar-refractivity contribution in [3.8, 4) is 0 Å². The van der Waals surface area contributed by atoms with Gasteiger partial charge in [0.1, 0.15) is 0 Å². The molecule has 2 saturated heterocycles. The molecule has 2 fully saturated rings. The van der Waals surface area contributed by atoms with Crippen molar-refractivity contribution in [1.29, 1.82) is 0 Å². The van der Waals surface area contributed by atoms with Gasteiger partial charge in [0.2, 0.25) is 0 Å². The van der Waals surface area contributed by atoms with Crippen LogP contribution in [-0.4, -0.2) is 75.8 Å². The Morgan fingerprint density at radius 2 is 1.08 bits per heavy atom. The van der Waals surface area contributed by atoms with Crippen molar-refractivity contribution in [2.75, 3.05) is 81.4 Å². The first-order chi connectivity index (χ1) is 23.9. The average Bonchev–Trinajstić information content (AvgIpc) is 3.14. The molecule has 0 amide bonds. The molecule has 2 unspecified atom stereocenters. The second-order valence-corrected chi connectivity index (χ2v) is 12.7. The lowest BCUT2D eigenvalue weighted by molar-refractivity contribution is 0.0732. The molecule has 0 saturated carbocycles. The van der Waals surface area contributed by atoms with E-state index in [-0.39, 0.29) is 27.1 Å². The lowest BCUT2D eigenvalue weighted by Gasteiger charge is -2.28. The molecule has 4 aromatic rings. The van der Waals surface area contributed by atoms with Crippen LogP contribution < -0.4 is 15.5 Å². The average molecular weight is 767 g/mol. The van der Waals surface area contributed by atoms with Gasteiger partial charge in [0.25, 0.3) is 0 Å². The molecular formula is C41H60BrN5O4. The number of hydrogen-bond donors (Lipinski definition) is 1. The number of nitrogens with two attached hydrogens (primary N) is 1. The molecule has 10 heteroatoms. The van der Waals surface area contributed by atoms with Crippen molar-refractivity contribution in [1.82, 2.24) is 9.97 Å². The van der Waals surface area contributed by atoms with Gasteiger partial charge in [0.05, 0.1) is 50.0 Å². The van der Waals surface area contributed by atoms with Gasteiger partial charge < -0.3 is 34.5 Å². The normalized spacial score (nSPS) is 15.1. The highest BCUT2D eigenvalue weighted by Crippen LogP contribution is 2.21. The topological polar surface area (TPSA) is 95.2 Å². The van der Waals surface area contributed by atoms with Crippen LogP contribution in [0.2, 0.25) is 0 Å². The third-order valence-electron chi connectivity index (χ3n) is 8.25. The SMILES string of the molecule is C.C.CCOC(C)c1ccc(Br)cn1.CCOC(C)c1ccc(Cc2ccc(N3CCOCC3)cc2)cn1.Nc1ccc(N2CCOCC2)cc1. The Morgan fingerprint density at radius 1 is 0.647 bits per heavy atom. The van der Waals surface area contributed by atoms with Crippen molar-refractivity contribution in [2.45, 2.75) is 61.2 Å². The lowest BCUT2D eigenvalue weighted by Crippen LogP contribution is -2.36. The molecule has 4 heterocycles. The molecule has 0 radical (unpaired) electrons. The van der Waals surface area contributed by atoms with E-state index >= 15 is 0 Å². The van der Waals surface area contributed by atoms with Crippen LogP contribution in [-0.2, 0) is 25.4 Å². The standard InChI is InChI=1S/C20H26N2O2.C10H14N2O.C9H12BrNO.2CH4/c1-3-24-16(2)20-9-6-18(15-21-20)14-17-4-7-19(8-5-17)22-10-12-23-13-11-22;11-9-1-3-10(4-2-9)12-5-7-13-8-6-12;1-3-12-7(2)9-5-4-8(10)6-11-9;;/h4-9,15-16H,3,10-14H2,1-2H3;1-4H,5-8,11H2;4-7H,3H2,1-2H3;2*1H4. The summed E-state index contributed by atoms with van der Waals surface area (Å²) in [5.41, 5.74) is 13.4. The van der Waals surface area contributed by atoms with Crippen molar-refractivity contribution in [2.24, 2.45) is 0 Å². The van der Waals surface area contributed by atoms with Crippen LogP contribution in [0, 0.1) is 0 Å². The second kappa shape index (κ2) is 23.8. The zero-order valence-corrected chi connectivity index (χ0v) is 31.0. The first kappa shape index (κ1) is 43.6. The van der Waals surface area contributed by atoms with E-state index in [2.05, 4.69) is 84.2 Å². The van der Waals surface area contributed by atoms with Crippen molar-refractivity contribution >= 4 is 33.0 Å². The van der Waals surface area contributed by atoms with Crippen LogP contribution in [0.4, 0.5) is 17.1 Å². The van der Waals surface area contributed by atoms with E-state index in [0.717, 1.165) is 87.2 Å². The fraction of sp³-hybridized carbons (Fsp3) is 0.463. The molecule has 2 aliphatic rings. The number of nitrogen functional groups attached to an aromatic ring is 1. The highest BCUT2D eigenvalue weighted by Gasteiger charge is 2.12. The minimum atomic E-state index is 0. The minimum Gasteiger partial charge on any atom is -0.399 e. The van der Waals surface area contributed by atoms with Crippen molar-refractivity contribution in [3.63, 3.8) is 0 Å². The number of halogens is 1. The number of benzene rings is 2. The third kappa shape index (κ3) is 14.9. The van der Waals surface area contributed by atoms with E-state index in [9.17, 15) is 0 Å². The molecular weight excluding hydrogens is 706 g/mol. The van der Waals surface area contributed by atoms with Crippen molar-refractivity contribution in [3.05, 3.63) is 112 Å². The van der Waals surface area contributed by atoms with Crippen LogP contribution in [0.3, 0.4) is 0 Å². The summed E-state index contributed by atoms with van der Waals surface area (Å²) in [6.45, 7) is 16.6. The number of hydrogen-bond acceptors (Lipinski definition) is 9. The zero-order chi connectivity index (χ0) is 34.8. The molecule has 6 rings (SSSR count). The summed E-state index contributed by atoms with van der Waals surface area (Å²) in [6.07, 6.45) is 4.78. The zero-order valence-electron chi connectivity index (χ0n) is 29.4. The maximum Gasteiger partial charge on any atom is 0.0966 e. The van der Waals surface area contributed by atoms with E-state index < -0.39 is 0 Å². The van der Waals surface area contributed by atoms with Crippen LogP contribution in [0.15, 0.2) is 89.7 Å². The molecule has 0 aliphatic carbocycles. The maximum atomic E-state index is 5.61. The van der Waals surface area contributed by atoms with E-state index in [1.165, 1.54) is 22.5 Å². The first-order valence-electron chi connectivity index (χ1n) is 17.3. The molecule has 0 spiro atoms. The highest BCUT2D eigenvalue weighted by atomic mass is 79.9. The van der Waals surface area contributed by atoms with Crippen LogP contribution in [0.1, 0.15) is 77.3 Å². The van der Waals surface area contributed by atoms with Gasteiger partial charge in [-0.1, -0.05) is 33.1 Å². The van der Waals surface area contributed by atoms with Gasteiger partial charge in [-0.25, -0.2) is 0 Å². The molecule has 0 bridgehead atoms. The predicted octanol–water partition coefficient (Wildman–Crippen LogP) is 8.93. The first-order valence-corrected chi connectivity index (χ1v) is 18.0. The number of anilines is 3. The summed E-state index contributed by atoms with van der Waals surface area (Å²) in [4.78, 5) is 13.4. The number of rotatable bonds is 10. The van der Waals surface area contributed by atoms with E-state index in [0.29, 0.717) is 6.61 Å². The molecule has 2 aromatic carbocycles. The maximum absolute atomic E-state index is 5.61. The Labute approximate surface area is 315 Å². The van der Waals surface area contributed by atoms with Gasteiger partial charge in [-0.15, -0.1) is 0 Å². The number of nitrogens with zero attached hydrogens (tertiary/aromatic N) is 4. The van der Waals surface area contributed by atoms with Gasteiger partial charge >= 0.3 is 0 Å². The molecule has 2 aromatic heterocycles. The molecule has 2 aliphatic heterocycles. The third-order valence-corrected chi connectivity index (χ3v) is 8.72. The minimum absolute atomic E-state index is 0.